The second-order valence-electron chi connectivity index (χ2n) is 6.88. The SMILES string of the molecule is c1cncc(-c2noc(CCCSc3nc(C4CC4)nc4ccccc34)n2)c1. The second-order valence-corrected chi connectivity index (χ2v) is 7.97. The summed E-state index contributed by atoms with van der Waals surface area (Å²) >= 11 is 1.78. The number of para-hydroxylation sites is 1. The van der Waals surface area contributed by atoms with E-state index in [0.29, 0.717) is 17.6 Å². The molecule has 0 saturated heterocycles. The predicted octanol–water partition coefficient (Wildman–Crippen LogP) is 4.68. The highest BCUT2D eigenvalue weighted by Gasteiger charge is 2.27. The van der Waals surface area contributed by atoms with E-state index in [4.69, 9.17) is 14.5 Å². The number of aromatic nitrogens is 5. The van der Waals surface area contributed by atoms with Gasteiger partial charge in [-0.2, -0.15) is 4.98 Å². The standard InChI is InChI=1S/C21H19N5OS/c1-2-7-17-16(6-1)21(25-19(23-17)14-9-10-14)28-12-4-8-18-24-20(26-27-18)15-5-3-11-22-13-15/h1-3,5-7,11,13-14H,4,8-10,12H2. The number of hydrogen-bond donors (Lipinski definition) is 0. The number of hydrogen-bond acceptors (Lipinski definition) is 7. The molecule has 5 rings (SSSR count). The summed E-state index contributed by atoms with van der Waals surface area (Å²) in [7, 11) is 0. The molecule has 1 aromatic carbocycles. The maximum absolute atomic E-state index is 5.38. The van der Waals surface area contributed by atoms with Crippen LogP contribution in [0.4, 0.5) is 0 Å². The molecule has 6 nitrogen and oxygen atoms in total. The van der Waals surface area contributed by atoms with Gasteiger partial charge in [0.1, 0.15) is 10.9 Å². The van der Waals surface area contributed by atoms with Crippen LogP contribution in [0.1, 0.15) is 36.9 Å². The Balaban J connectivity index is 1.23. The molecular weight excluding hydrogens is 370 g/mol. The van der Waals surface area contributed by atoms with Gasteiger partial charge in [0.05, 0.1) is 5.52 Å². The number of benzene rings is 1. The Kier molecular flexibility index (Phi) is 4.74. The van der Waals surface area contributed by atoms with Crippen molar-refractivity contribution in [2.75, 3.05) is 5.75 Å². The third-order valence-corrected chi connectivity index (χ3v) is 5.77. The van der Waals surface area contributed by atoms with E-state index in [1.165, 1.54) is 12.8 Å². The minimum Gasteiger partial charge on any atom is -0.339 e. The quantitative estimate of drug-likeness (QED) is 0.258. The Bertz CT molecular complexity index is 1090. The smallest absolute Gasteiger partial charge is 0.226 e. The van der Waals surface area contributed by atoms with Crippen molar-refractivity contribution in [3.63, 3.8) is 0 Å². The van der Waals surface area contributed by atoms with Gasteiger partial charge in [-0.1, -0.05) is 23.4 Å². The Hall–Kier alpha value is -2.80. The van der Waals surface area contributed by atoms with Crippen LogP contribution in [0.25, 0.3) is 22.3 Å². The molecule has 28 heavy (non-hydrogen) atoms. The van der Waals surface area contributed by atoms with E-state index >= 15 is 0 Å². The first-order valence-corrected chi connectivity index (χ1v) is 10.5. The molecule has 1 fully saturated rings. The lowest BCUT2D eigenvalue weighted by molar-refractivity contribution is 0.378. The highest BCUT2D eigenvalue weighted by Crippen LogP contribution is 2.39. The number of aryl methyl sites for hydroxylation is 1. The van der Waals surface area contributed by atoms with Gasteiger partial charge in [0.25, 0.3) is 0 Å². The number of nitrogens with zero attached hydrogens (tertiary/aromatic N) is 5. The van der Waals surface area contributed by atoms with E-state index in [2.05, 4.69) is 27.3 Å². The normalized spacial score (nSPS) is 13.9. The third-order valence-electron chi connectivity index (χ3n) is 4.69. The van der Waals surface area contributed by atoms with Crippen LogP contribution in [0.3, 0.4) is 0 Å². The lowest BCUT2D eigenvalue weighted by Crippen LogP contribution is -1.97. The molecule has 0 unspecified atom stereocenters. The molecule has 3 aromatic heterocycles. The van der Waals surface area contributed by atoms with Crippen molar-refractivity contribution < 1.29 is 4.52 Å². The van der Waals surface area contributed by atoms with Crippen molar-refractivity contribution in [1.29, 1.82) is 0 Å². The van der Waals surface area contributed by atoms with Crippen LogP contribution in [-0.2, 0) is 6.42 Å². The molecule has 1 aliphatic carbocycles. The van der Waals surface area contributed by atoms with Crippen molar-refractivity contribution in [1.82, 2.24) is 25.1 Å². The summed E-state index contributed by atoms with van der Waals surface area (Å²) in [5, 5.41) is 6.26. The average Bonchev–Trinajstić information content (AvgIpc) is 3.50. The van der Waals surface area contributed by atoms with Crippen LogP contribution >= 0.6 is 11.8 Å². The molecular formula is C21H19N5OS. The van der Waals surface area contributed by atoms with E-state index in [9.17, 15) is 0 Å². The molecule has 0 spiro atoms. The van der Waals surface area contributed by atoms with Crippen LogP contribution in [0.2, 0.25) is 0 Å². The maximum Gasteiger partial charge on any atom is 0.226 e. The molecule has 4 aromatic rings. The minimum absolute atomic E-state index is 0.549. The molecule has 7 heteroatoms. The lowest BCUT2D eigenvalue weighted by atomic mass is 10.2. The van der Waals surface area contributed by atoms with Crippen LogP contribution < -0.4 is 0 Å². The first kappa shape index (κ1) is 17.3. The maximum atomic E-state index is 5.38. The number of thioether (sulfide) groups is 1. The molecule has 1 aliphatic rings. The van der Waals surface area contributed by atoms with Gasteiger partial charge in [0.2, 0.25) is 11.7 Å². The van der Waals surface area contributed by atoms with Gasteiger partial charge in [0.15, 0.2) is 0 Å². The fraction of sp³-hybridized carbons (Fsp3) is 0.286. The van der Waals surface area contributed by atoms with E-state index in [1.54, 1.807) is 24.2 Å². The molecule has 140 valence electrons. The molecule has 0 bridgehead atoms. The fourth-order valence-electron chi connectivity index (χ4n) is 3.06. The first-order valence-electron chi connectivity index (χ1n) is 9.49. The summed E-state index contributed by atoms with van der Waals surface area (Å²) in [5.41, 5.74) is 1.91. The fourth-order valence-corrected chi connectivity index (χ4v) is 4.03. The molecule has 1 saturated carbocycles. The van der Waals surface area contributed by atoms with Crippen molar-refractivity contribution in [2.24, 2.45) is 0 Å². The average molecular weight is 389 g/mol. The van der Waals surface area contributed by atoms with Crippen LogP contribution in [0.5, 0.6) is 0 Å². The Labute approximate surface area is 166 Å². The van der Waals surface area contributed by atoms with Gasteiger partial charge in [0, 0.05) is 41.4 Å². The summed E-state index contributed by atoms with van der Waals surface area (Å²) in [6.45, 7) is 0. The largest absolute Gasteiger partial charge is 0.339 e. The Morgan fingerprint density at radius 1 is 1.04 bits per heavy atom. The van der Waals surface area contributed by atoms with Gasteiger partial charge < -0.3 is 4.52 Å². The summed E-state index contributed by atoms with van der Waals surface area (Å²) in [6, 6.07) is 12.1. The van der Waals surface area contributed by atoms with Crippen molar-refractivity contribution >= 4 is 22.7 Å². The summed E-state index contributed by atoms with van der Waals surface area (Å²) in [4.78, 5) is 18.1. The van der Waals surface area contributed by atoms with Gasteiger partial charge in [-0.25, -0.2) is 9.97 Å². The lowest BCUT2D eigenvalue weighted by Gasteiger charge is -2.07. The van der Waals surface area contributed by atoms with Crippen molar-refractivity contribution in [3.05, 3.63) is 60.5 Å². The monoisotopic (exact) mass is 389 g/mol. The second kappa shape index (κ2) is 7.67. The molecule has 0 radical (unpaired) electrons. The zero-order valence-corrected chi connectivity index (χ0v) is 16.1. The van der Waals surface area contributed by atoms with Crippen LogP contribution in [0, 0.1) is 0 Å². The first-order chi connectivity index (χ1) is 13.9. The topological polar surface area (TPSA) is 77.6 Å². The van der Waals surface area contributed by atoms with Crippen molar-refractivity contribution in [2.45, 2.75) is 36.6 Å². The number of rotatable bonds is 7. The molecule has 0 aliphatic heterocycles. The molecule has 0 N–H and O–H groups in total. The summed E-state index contributed by atoms with van der Waals surface area (Å²) in [6.07, 6.45) is 7.57. The third kappa shape index (κ3) is 3.75. The summed E-state index contributed by atoms with van der Waals surface area (Å²) < 4.78 is 5.38. The highest BCUT2D eigenvalue weighted by molar-refractivity contribution is 7.99. The highest BCUT2D eigenvalue weighted by atomic mass is 32.2. The van der Waals surface area contributed by atoms with Crippen molar-refractivity contribution in [3.8, 4) is 11.4 Å². The number of fused-ring (bicyclic) bond motifs is 1. The predicted molar refractivity (Wildman–Crippen MR) is 108 cm³/mol. The Morgan fingerprint density at radius 2 is 1.96 bits per heavy atom. The molecule has 0 amide bonds. The minimum atomic E-state index is 0.549. The van der Waals surface area contributed by atoms with Gasteiger partial charge in [-0.3, -0.25) is 4.98 Å². The number of pyridine rings is 1. The van der Waals surface area contributed by atoms with Crippen LogP contribution in [-0.4, -0.2) is 30.8 Å². The van der Waals surface area contributed by atoms with Crippen LogP contribution in [0.15, 0.2) is 58.3 Å². The van der Waals surface area contributed by atoms with E-state index in [0.717, 1.165) is 45.9 Å². The zero-order chi connectivity index (χ0) is 18.8. The van der Waals surface area contributed by atoms with Gasteiger partial charge in [-0.15, -0.1) is 11.8 Å². The van der Waals surface area contributed by atoms with E-state index < -0.39 is 0 Å². The van der Waals surface area contributed by atoms with Gasteiger partial charge >= 0.3 is 0 Å². The zero-order valence-electron chi connectivity index (χ0n) is 15.3. The summed E-state index contributed by atoms with van der Waals surface area (Å²) in [5.74, 6) is 3.74. The Morgan fingerprint density at radius 3 is 2.82 bits per heavy atom. The molecule has 0 atom stereocenters. The van der Waals surface area contributed by atoms with E-state index in [-0.39, 0.29) is 0 Å². The van der Waals surface area contributed by atoms with Gasteiger partial charge in [-0.05, 0) is 37.5 Å². The molecule has 3 heterocycles. The van der Waals surface area contributed by atoms with E-state index in [1.807, 2.05) is 24.3 Å².